The number of ketones is 1. The summed E-state index contributed by atoms with van der Waals surface area (Å²) in [7, 11) is 0. The van der Waals surface area contributed by atoms with Gasteiger partial charge in [-0.05, 0) is 44.4 Å². The maximum Gasteiger partial charge on any atom is 0.182 e. The van der Waals surface area contributed by atoms with Gasteiger partial charge in [0, 0.05) is 18.7 Å². The smallest absolute Gasteiger partial charge is 0.182 e. The number of carbonyl (C=O) groups excluding carboxylic acids is 1. The standard InChI is InChI=1S/C17H25NO2/c1-5-17(4,18-8-10-20-11-9-18)16(19)15-7-6-13(2)14(3)12-15/h6-7,12H,5,8-11H2,1-4H3. The lowest BCUT2D eigenvalue weighted by molar-refractivity contribution is -0.0106. The van der Waals surface area contributed by atoms with Crippen LogP contribution in [0.3, 0.4) is 0 Å². The van der Waals surface area contributed by atoms with Gasteiger partial charge in [-0.2, -0.15) is 0 Å². The molecule has 1 aromatic rings. The normalized spacial score (nSPS) is 19.6. The topological polar surface area (TPSA) is 29.5 Å². The van der Waals surface area contributed by atoms with Gasteiger partial charge in [0.1, 0.15) is 0 Å². The molecule has 1 aliphatic rings. The van der Waals surface area contributed by atoms with Gasteiger partial charge in [0.25, 0.3) is 0 Å². The number of Topliss-reactive ketones (excluding diaryl/α,β-unsaturated/α-hetero) is 1. The Balaban J connectivity index is 2.29. The molecule has 1 unspecified atom stereocenters. The summed E-state index contributed by atoms with van der Waals surface area (Å²) in [5.74, 6) is 0.227. The first kappa shape index (κ1) is 15.2. The Hall–Kier alpha value is -1.19. The molecule has 0 radical (unpaired) electrons. The first-order chi connectivity index (χ1) is 9.49. The third-order valence-electron chi connectivity index (χ3n) is 4.66. The van der Waals surface area contributed by atoms with Crippen molar-refractivity contribution in [3.05, 3.63) is 34.9 Å². The molecule has 0 amide bonds. The molecule has 3 heteroatoms. The minimum Gasteiger partial charge on any atom is -0.379 e. The number of ether oxygens (including phenoxy) is 1. The van der Waals surface area contributed by atoms with E-state index >= 15 is 0 Å². The Morgan fingerprint density at radius 3 is 2.45 bits per heavy atom. The molecule has 0 spiro atoms. The zero-order chi connectivity index (χ0) is 14.8. The van der Waals surface area contributed by atoms with Crippen molar-refractivity contribution < 1.29 is 9.53 Å². The highest BCUT2D eigenvalue weighted by atomic mass is 16.5. The number of hydrogen-bond acceptors (Lipinski definition) is 3. The van der Waals surface area contributed by atoms with Crippen LogP contribution in [0.15, 0.2) is 18.2 Å². The van der Waals surface area contributed by atoms with E-state index in [1.165, 1.54) is 11.1 Å². The summed E-state index contributed by atoms with van der Waals surface area (Å²) in [5, 5.41) is 0. The van der Waals surface area contributed by atoms with Crippen molar-refractivity contribution >= 4 is 5.78 Å². The molecule has 1 saturated heterocycles. The fourth-order valence-corrected chi connectivity index (χ4v) is 2.78. The second kappa shape index (κ2) is 6.06. The molecule has 110 valence electrons. The third-order valence-corrected chi connectivity index (χ3v) is 4.66. The SMILES string of the molecule is CCC(C)(C(=O)c1ccc(C)c(C)c1)N1CCOCC1. The van der Waals surface area contributed by atoms with E-state index in [1.807, 2.05) is 18.2 Å². The zero-order valence-corrected chi connectivity index (χ0v) is 13.0. The number of rotatable bonds is 4. The van der Waals surface area contributed by atoms with Crippen molar-refractivity contribution in [1.29, 1.82) is 0 Å². The second-order valence-electron chi connectivity index (χ2n) is 5.85. The van der Waals surface area contributed by atoms with Crippen molar-refractivity contribution in [3.63, 3.8) is 0 Å². The van der Waals surface area contributed by atoms with Crippen LogP contribution in [0.4, 0.5) is 0 Å². The molecule has 1 fully saturated rings. The quantitative estimate of drug-likeness (QED) is 0.791. The van der Waals surface area contributed by atoms with Crippen LogP contribution in [0.25, 0.3) is 0 Å². The molecule has 1 atom stereocenters. The Bertz CT molecular complexity index is 492. The molecule has 0 aromatic heterocycles. The molecule has 3 nitrogen and oxygen atoms in total. The fraction of sp³-hybridized carbons (Fsp3) is 0.588. The molecule has 1 heterocycles. The number of hydrogen-bond donors (Lipinski definition) is 0. The average molecular weight is 275 g/mol. The largest absolute Gasteiger partial charge is 0.379 e. The molecule has 0 aliphatic carbocycles. The van der Waals surface area contributed by atoms with Gasteiger partial charge in [0.05, 0.1) is 18.8 Å². The Kier molecular flexibility index (Phi) is 4.61. The van der Waals surface area contributed by atoms with Crippen LogP contribution in [0.5, 0.6) is 0 Å². The Morgan fingerprint density at radius 2 is 1.90 bits per heavy atom. The molecular formula is C17H25NO2. The lowest BCUT2D eigenvalue weighted by Crippen LogP contribution is -2.56. The van der Waals surface area contributed by atoms with Crippen molar-refractivity contribution in [2.45, 2.75) is 39.7 Å². The minimum absolute atomic E-state index is 0.227. The van der Waals surface area contributed by atoms with Crippen LogP contribution in [-0.4, -0.2) is 42.5 Å². The van der Waals surface area contributed by atoms with E-state index < -0.39 is 5.54 Å². The Morgan fingerprint density at radius 1 is 1.25 bits per heavy atom. The second-order valence-corrected chi connectivity index (χ2v) is 5.85. The maximum atomic E-state index is 13.0. The van der Waals surface area contributed by atoms with Crippen LogP contribution in [0.2, 0.25) is 0 Å². The van der Waals surface area contributed by atoms with E-state index in [0.717, 1.165) is 38.3 Å². The van der Waals surface area contributed by atoms with Crippen LogP contribution in [0.1, 0.15) is 41.8 Å². The number of benzene rings is 1. The summed E-state index contributed by atoms with van der Waals surface area (Å²) < 4.78 is 5.41. The monoisotopic (exact) mass is 275 g/mol. The van der Waals surface area contributed by atoms with Gasteiger partial charge in [0.2, 0.25) is 0 Å². The predicted octanol–water partition coefficient (Wildman–Crippen LogP) is 2.99. The summed E-state index contributed by atoms with van der Waals surface area (Å²) >= 11 is 0. The molecule has 0 saturated carbocycles. The molecule has 0 N–H and O–H groups in total. The number of carbonyl (C=O) groups is 1. The molecule has 1 aliphatic heterocycles. The van der Waals surface area contributed by atoms with Gasteiger partial charge >= 0.3 is 0 Å². The summed E-state index contributed by atoms with van der Waals surface area (Å²) in [6.45, 7) is 11.4. The third kappa shape index (κ3) is 2.79. The van der Waals surface area contributed by atoms with Gasteiger partial charge in [-0.15, -0.1) is 0 Å². The number of nitrogens with zero attached hydrogens (tertiary/aromatic N) is 1. The van der Waals surface area contributed by atoms with Crippen molar-refractivity contribution in [3.8, 4) is 0 Å². The van der Waals surface area contributed by atoms with E-state index in [2.05, 4.69) is 32.6 Å². The lowest BCUT2D eigenvalue weighted by Gasteiger charge is -2.41. The van der Waals surface area contributed by atoms with Crippen molar-refractivity contribution in [2.24, 2.45) is 0 Å². The molecular weight excluding hydrogens is 250 g/mol. The average Bonchev–Trinajstić information content (AvgIpc) is 2.49. The number of aryl methyl sites for hydroxylation is 2. The molecule has 2 rings (SSSR count). The van der Waals surface area contributed by atoms with Gasteiger partial charge in [-0.3, -0.25) is 9.69 Å². The van der Waals surface area contributed by atoms with Crippen LogP contribution in [-0.2, 0) is 4.74 Å². The molecule has 20 heavy (non-hydrogen) atoms. The first-order valence-electron chi connectivity index (χ1n) is 7.44. The summed E-state index contributed by atoms with van der Waals surface area (Å²) in [6, 6.07) is 6.02. The summed E-state index contributed by atoms with van der Waals surface area (Å²) in [6.07, 6.45) is 0.818. The summed E-state index contributed by atoms with van der Waals surface area (Å²) in [4.78, 5) is 15.2. The van der Waals surface area contributed by atoms with E-state index in [0.29, 0.717) is 0 Å². The van der Waals surface area contributed by atoms with Crippen molar-refractivity contribution in [2.75, 3.05) is 26.3 Å². The molecule has 0 bridgehead atoms. The van der Waals surface area contributed by atoms with E-state index in [1.54, 1.807) is 0 Å². The fourth-order valence-electron chi connectivity index (χ4n) is 2.78. The van der Waals surface area contributed by atoms with E-state index in [4.69, 9.17) is 4.74 Å². The highest BCUT2D eigenvalue weighted by Gasteiger charge is 2.38. The van der Waals surface area contributed by atoms with E-state index in [9.17, 15) is 4.79 Å². The van der Waals surface area contributed by atoms with Crippen LogP contribution >= 0.6 is 0 Å². The number of morpholine rings is 1. The van der Waals surface area contributed by atoms with E-state index in [-0.39, 0.29) is 5.78 Å². The predicted molar refractivity (Wildman–Crippen MR) is 81.3 cm³/mol. The zero-order valence-electron chi connectivity index (χ0n) is 13.0. The summed E-state index contributed by atoms with van der Waals surface area (Å²) in [5.41, 5.74) is 2.80. The molecule has 1 aromatic carbocycles. The van der Waals surface area contributed by atoms with Gasteiger partial charge in [-0.1, -0.05) is 19.1 Å². The van der Waals surface area contributed by atoms with Crippen LogP contribution < -0.4 is 0 Å². The van der Waals surface area contributed by atoms with Crippen molar-refractivity contribution in [1.82, 2.24) is 4.90 Å². The Labute approximate surface area is 121 Å². The van der Waals surface area contributed by atoms with Crippen LogP contribution in [0, 0.1) is 13.8 Å². The van der Waals surface area contributed by atoms with Gasteiger partial charge in [-0.25, -0.2) is 0 Å². The van der Waals surface area contributed by atoms with Gasteiger partial charge in [0.15, 0.2) is 5.78 Å². The van der Waals surface area contributed by atoms with Gasteiger partial charge < -0.3 is 4.74 Å². The lowest BCUT2D eigenvalue weighted by atomic mass is 9.85. The maximum absolute atomic E-state index is 13.0. The minimum atomic E-state index is -0.425. The highest BCUT2D eigenvalue weighted by molar-refractivity contribution is 6.03. The highest BCUT2D eigenvalue weighted by Crippen LogP contribution is 2.26. The first-order valence-corrected chi connectivity index (χ1v) is 7.44.